The van der Waals surface area contributed by atoms with Crippen molar-refractivity contribution in [2.75, 3.05) is 20.0 Å². The van der Waals surface area contributed by atoms with Crippen molar-refractivity contribution in [2.45, 2.75) is 6.92 Å². The molecule has 0 radical (unpaired) electrons. The topological polar surface area (TPSA) is 62.3 Å². The highest BCUT2D eigenvalue weighted by atomic mass is 35.5. The molecule has 0 saturated carbocycles. The van der Waals surface area contributed by atoms with E-state index in [4.69, 9.17) is 26.8 Å². The van der Waals surface area contributed by atoms with Gasteiger partial charge in [0.05, 0.1) is 25.5 Å². The Kier molecular flexibility index (Phi) is 3.57. The van der Waals surface area contributed by atoms with Crippen molar-refractivity contribution < 1.29 is 9.47 Å². The number of aromatic nitrogens is 2. The molecule has 0 atom stereocenters. The molecule has 1 aromatic heterocycles. The number of nitrogens with two attached hydrogens (primary N) is 1. The average Bonchev–Trinajstić information content (AvgIpc) is 2.71. The molecule has 1 heterocycles. The Bertz CT molecular complexity index is 603. The fraction of sp³-hybridized carbons (Fsp3) is 0.308. The molecule has 0 bridgehead atoms. The maximum atomic E-state index is 6.22. The van der Waals surface area contributed by atoms with E-state index in [1.54, 1.807) is 38.1 Å². The summed E-state index contributed by atoms with van der Waals surface area (Å²) >= 11 is 6.22. The first-order valence-electron chi connectivity index (χ1n) is 5.70. The Balaban J connectivity index is 2.76. The van der Waals surface area contributed by atoms with E-state index >= 15 is 0 Å². The summed E-state index contributed by atoms with van der Waals surface area (Å²) in [6, 6.07) is 3.51. The zero-order valence-corrected chi connectivity index (χ0v) is 12.1. The number of nitrogen functional groups attached to an aromatic ring is 1. The van der Waals surface area contributed by atoms with E-state index in [0.717, 1.165) is 11.1 Å². The number of halogens is 1. The van der Waals surface area contributed by atoms with Crippen molar-refractivity contribution in [3.05, 3.63) is 22.7 Å². The lowest BCUT2D eigenvalue weighted by atomic mass is 10.0. The van der Waals surface area contributed by atoms with Gasteiger partial charge in [0.2, 0.25) is 0 Å². The van der Waals surface area contributed by atoms with Crippen LogP contribution in [-0.4, -0.2) is 24.0 Å². The molecular formula is C13H16ClN3O2. The molecule has 102 valence electrons. The lowest BCUT2D eigenvalue weighted by Crippen LogP contribution is -1.98. The van der Waals surface area contributed by atoms with Crippen molar-refractivity contribution >= 4 is 17.4 Å². The molecule has 0 saturated heterocycles. The van der Waals surface area contributed by atoms with Crippen LogP contribution in [0.3, 0.4) is 0 Å². The molecule has 0 amide bonds. The van der Waals surface area contributed by atoms with Gasteiger partial charge in [-0.3, -0.25) is 4.68 Å². The highest BCUT2D eigenvalue weighted by Gasteiger charge is 2.20. The Hall–Kier alpha value is -1.88. The van der Waals surface area contributed by atoms with Crippen LogP contribution in [0.5, 0.6) is 11.5 Å². The first-order chi connectivity index (χ1) is 8.99. The van der Waals surface area contributed by atoms with Gasteiger partial charge in [0, 0.05) is 24.2 Å². The number of benzene rings is 1. The summed E-state index contributed by atoms with van der Waals surface area (Å²) in [4.78, 5) is 0. The lowest BCUT2D eigenvalue weighted by molar-refractivity contribution is 0.356. The largest absolute Gasteiger partial charge is 0.493 e. The Morgan fingerprint density at radius 1 is 1.26 bits per heavy atom. The number of aryl methyl sites for hydroxylation is 1. The van der Waals surface area contributed by atoms with Crippen molar-refractivity contribution in [1.82, 2.24) is 9.78 Å². The minimum atomic E-state index is 0.565. The number of anilines is 1. The fourth-order valence-electron chi connectivity index (χ4n) is 1.97. The minimum absolute atomic E-state index is 0.565. The second-order valence-corrected chi connectivity index (χ2v) is 4.58. The molecule has 2 rings (SSSR count). The maximum absolute atomic E-state index is 6.22. The standard InChI is InChI=1S/C13H16ClN3O2/c1-7-8(14)5-10(18-3)13(19-4)12(7)9-6-11(15)17(2)16-9/h5-6H,15H2,1-4H3. The molecule has 5 nitrogen and oxygen atoms in total. The van der Waals surface area contributed by atoms with Gasteiger partial charge >= 0.3 is 0 Å². The maximum Gasteiger partial charge on any atom is 0.170 e. The third-order valence-corrected chi connectivity index (χ3v) is 3.43. The van der Waals surface area contributed by atoms with Crippen LogP contribution in [0.2, 0.25) is 5.02 Å². The van der Waals surface area contributed by atoms with Gasteiger partial charge in [0.25, 0.3) is 0 Å². The van der Waals surface area contributed by atoms with E-state index < -0.39 is 0 Å². The molecule has 0 fully saturated rings. The van der Waals surface area contributed by atoms with E-state index in [0.29, 0.717) is 28.0 Å². The van der Waals surface area contributed by atoms with E-state index in [1.807, 2.05) is 6.92 Å². The number of nitrogens with zero attached hydrogens (tertiary/aromatic N) is 2. The number of rotatable bonds is 3. The van der Waals surface area contributed by atoms with Gasteiger partial charge in [-0.15, -0.1) is 0 Å². The summed E-state index contributed by atoms with van der Waals surface area (Å²) in [5, 5.41) is 4.96. The average molecular weight is 282 g/mol. The zero-order valence-electron chi connectivity index (χ0n) is 11.3. The summed E-state index contributed by atoms with van der Waals surface area (Å²) in [5.74, 6) is 1.73. The van der Waals surface area contributed by atoms with E-state index in [2.05, 4.69) is 5.10 Å². The first kappa shape index (κ1) is 13.5. The number of hydrogen-bond donors (Lipinski definition) is 1. The van der Waals surface area contributed by atoms with Crippen molar-refractivity contribution in [3.8, 4) is 22.8 Å². The molecular weight excluding hydrogens is 266 g/mol. The van der Waals surface area contributed by atoms with Gasteiger partial charge in [-0.25, -0.2) is 0 Å². The number of hydrogen-bond acceptors (Lipinski definition) is 4. The molecule has 0 unspecified atom stereocenters. The third kappa shape index (κ3) is 2.21. The normalized spacial score (nSPS) is 10.6. The highest BCUT2D eigenvalue weighted by molar-refractivity contribution is 6.32. The van der Waals surface area contributed by atoms with Gasteiger partial charge in [-0.05, 0) is 12.5 Å². The first-order valence-corrected chi connectivity index (χ1v) is 6.08. The van der Waals surface area contributed by atoms with Crippen molar-refractivity contribution in [3.63, 3.8) is 0 Å². The van der Waals surface area contributed by atoms with Crippen LogP contribution in [0.4, 0.5) is 5.82 Å². The Labute approximate surface area is 116 Å². The van der Waals surface area contributed by atoms with Gasteiger partial charge in [0.15, 0.2) is 11.5 Å². The Morgan fingerprint density at radius 3 is 2.42 bits per heavy atom. The molecule has 2 aromatic rings. The second kappa shape index (κ2) is 5.01. The van der Waals surface area contributed by atoms with Crippen molar-refractivity contribution in [2.24, 2.45) is 7.05 Å². The van der Waals surface area contributed by atoms with Gasteiger partial charge in [-0.1, -0.05) is 11.6 Å². The molecule has 0 aliphatic rings. The number of ether oxygens (including phenoxy) is 2. The molecule has 1 aromatic carbocycles. The summed E-state index contributed by atoms with van der Waals surface area (Å²) < 4.78 is 12.3. The third-order valence-electron chi connectivity index (χ3n) is 3.04. The van der Waals surface area contributed by atoms with Crippen LogP contribution in [-0.2, 0) is 7.05 Å². The molecule has 2 N–H and O–H groups in total. The van der Waals surface area contributed by atoms with Gasteiger partial charge in [0.1, 0.15) is 5.82 Å². The zero-order chi connectivity index (χ0) is 14.2. The van der Waals surface area contributed by atoms with E-state index in [9.17, 15) is 0 Å². The van der Waals surface area contributed by atoms with Crippen LogP contribution in [0.25, 0.3) is 11.3 Å². The van der Waals surface area contributed by atoms with Crippen molar-refractivity contribution in [1.29, 1.82) is 0 Å². The second-order valence-electron chi connectivity index (χ2n) is 4.17. The monoisotopic (exact) mass is 281 g/mol. The smallest absolute Gasteiger partial charge is 0.170 e. The SMILES string of the molecule is COc1cc(Cl)c(C)c(-c2cc(N)n(C)n2)c1OC. The molecule has 0 aliphatic carbocycles. The lowest BCUT2D eigenvalue weighted by Gasteiger charge is -2.15. The van der Waals surface area contributed by atoms with Crippen LogP contribution in [0, 0.1) is 6.92 Å². The summed E-state index contributed by atoms with van der Waals surface area (Å²) in [6.07, 6.45) is 0. The fourth-order valence-corrected chi connectivity index (χ4v) is 2.16. The summed E-state index contributed by atoms with van der Waals surface area (Å²) in [6.45, 7) is 1.91. The van der Waals surface area contributed by atoms with Crippen LogP contribution in [0.1, 0.15) is 5.56 Å². The molecule has 6 heteroatoms. The summed E-state index contributed by atoms with van der Waals surface area (Å²) in [7, 11) is 4.93. The molecule has 19 heavy (non-hydrogen) atoms. The minimum Gasteiger partial charge on any atom is -0.493 e. The number of methoxy groups -OCH3 is 2. The van der Waals surface area contributed by atoms with Crippen LogP contribution >= 0.6 is 11.6 Å². The predicted octanol–water partition coefficient (Wildman–Crippen LogP) is 2.65. The molecule has 0 spiro atoms. The highest BCUT2D eigenvalue weighted by Crippen LogP contribution is 2.43. The van der Waals surface area contributed by atoms with Crippen LogP contribution < -0.4 is 15.2 Å². The molecule has 0 aliphatic heterocycles. The quantitative estimate of drug-likeness (QED) is 0.939. The Morgan fingerprint density at radius 2 is 1.95 bits per heavy atom. The predicted molar refractivity (Wildman–Crippen MR) is 75.9 cm³/mol. The summed E-state index contributed by atoms with van der Waals surface area (Å²) in [5.41, 5.74) is 8.19. The van der Waals surface area contributed by atoms with Gasteiger partial charge in [-0.2, -0.15) is 5.10 Å². The van der Waals surface area contributed by atoms with E-state index in [1.165, 1.54) is 0 Å². The van der Waals surface area contributed by atoms with Gasteiger partial charge < -0.3 is 15.2 Å². The van der Waals surface area contributed by atoms with Crippen LogP contribution in [0.15, 0.2) is 12.1 Å². The van der Waals surface area contributed by atoms with E-state index in [-0.39, 0.29) is 0 Å².